The minimum atomic E-state index is -2.56. The van der Waals surface area contributed by atoms with E-state index < -0.39 is 42.2 Å². The number of carbonyl (C=O) groups excluding carboxylic acids is 1. The zero-order valence-corrected chi connectivity index (χ0v) is 21.4. The van der Waals surface area contributed by atoms with Gasteiger partial charge in [0.05, 0.1) is 12.1 Å². The zero-order valence-electron chi connectivity index (χ0n) is 21.4. The summed E-state index contributed by atoms with van der Waals surface area (Å²) >= 11 is 0. The number of hydrogen-bond acceptors (Lipinski definition) is 7. The van der Waals surface area contributed by atoms with Crippen LogP contribution in [0.5, 0.6) is 5.88 Å². The summed E-state index contributed by atoms with van der Waals surface area (Å²) < 4.78 is 38.6. The van der Waals surface area contributed by atoms with E-state index in [2.05, 4.69) is 37.5 Å². The number of aliphatic carboxylic acids is 2. The molecule has 0 saturated carbocycles. The second-order valence-electron chi connectivity index (χ2n) is 9.60. The molecule has 0 fully saturated rings. The van der Waals surface area contributed by atoms with Gasteiger partial charge < -0.3 is 24.8 Å². The van der Waals surface area contributed by atoms with E-state index in [9.17, 15) is 23.2 Å². The van der Waals surface area contributed by atoms with Crippen LogP contribution in [0.4, 0.5) is 8.78 Å². The van der Waals surface area contributed by atoms with E-state index in [4.69, 9.17) is 20.1 Å². The van der Waals surface area contributed by atoms with E-state index >= 15 is 0 Å². The van der Waals surface area contributed by atoms with Crippen LogP contribution >= 0.6 is 0 Å². The number of halogens is 2. The summed E-state index contributed by atoms with van der Waals surface area (Å²) in [6.45, 7) is 8.36. The molecule has 3 N–H and O–H groups in total. The molecule has 1 atom stereocenters. The Morgan fingerprint density at radius 2 is 1.84 bits per heavy atom. The van der Waals surface area contributed by atoms with Crippen molar-refractivity contribution in [1.82, 2.24) is 9.78 Å². The average molecular weight is 529 g/mol. The molecule has 0 aliphatic heterocycles. The highest BCUT2D eigenvalue weighted by atomic mass is 19.1. The van der Waals surface area contributed by atoms with E-state index in [0.29, 0.717) is 5.88 Å². The predicted molar refractivity (Wildman–Crippen MR) is 128 cm³/mol. The third-order valence-electron chi connectivity index (χ3n) is 4.99. The van der Waals surface area contributed by atoms with E-state index in [1.54, 1.807) is 0 Å². The number of nitrogens with zero attached hydrogens (tertiary/aromatic N) is 2. The first-order valence-corrected chi connectivity index (χ1v) is 11.6. The number of carboxylic acid groups (broad SMARTS) is 2. The second-order valence-corrected chi connectivity index (χ2v) is 9.60. The number of aryl methyl sites for hydroxylation is 2. The Bertz CT molecular complexity index is 1050. The number of carboxylic acids is 2. The quantitative estimate of drug-likeness (QED) is 0.332. The van der Waals surface area contributed by atoms with Crippen molar-refractivity contribution in [3.05, 3.63) is 47.2 Å². The summed E-state index contributed by atoms with van der Waals surface area (Å²) in [5.41, 5.74) is -1.22. The first kappa shape index (κ1) is 31.5. The van der Waals surface area contributed by atoms with Crippen LogP contribution in [0.2, 0.25) is 0 Å². The monoisotopic (exact) mass is 528 g/mol. The van der Waals surface area contributed by atoms with Crippen molar-refractivity contribution in [3.8, 4) is 5.88 Å². The van der Waals surface area contributed by atoms with Crippen molar-refractivity contribution in [1.29, 1.82) is 0 Å². The summed E-state index contributed by atoms with van der Waals surface area (Å²) in [7, 11) is 0. The molecule has 37 heavy (non-hydrogen) atoms. The lowest BCUT2D eigenvalue weighted by molar-refractivity contribution is -0.172. The standard InChI is InChI=1S/C19H26F2N2O.C6H8O7/c1-5-6-16-12-18(23(22-16)10-9-19(2,3)4)24-13-14-11-15(20)7-8-17(14)21;7-3-13-2-6(12,5(10)11)1-4(8)9/h7-8,11-12H,5-6,9-10,13H2,1-4H3;3,12H,1-2H2,(H,8,9)(H,10,11). The second kappa shape index (κ2) is 14.3. The van der Waals surface area contributed by atoms with Gasteiger partial charge in [0.25, 0.3) is 6.47 Å². The maximum Gasteiger partial charge on any atom is 0.339 e. The number of aromatic nitrogens is 2. The SMILES string of the molecule is CCCc1cc(OCc2cc(F)ccc2F)n(CCC(C)(C)C)n1.O=COCC(O)(CC(=O)O)C(=O)O. The van der Waals surface area contributed by atoms with Crippen LogP contribution in [0.3, 0.4) is 0 Å². The Labute approximate surface area is 213 Å². The van der Waals surface area contributed by atoms with Crippen LogP contribution in [0, 0.1) is 17.0 Å². The van der Waals surface area contributed by atoms with E-state index in [1.165, 1.54) is 0 Å². The Hall–Kier alpha value is -3.54. The Kier molecular flexibility index (Phi) is 12.1. The van der Waals surface area contributed by atoms with Crippen LogP contribution in [0.1, 0.15) is 58.2 Å². The van der Waals surface area contributed by atoms with Crippen molar-refractivity contribution in [2.24, 2.45) is 5.41 Å². The number of carbonyl (C=O) groups is 3. The maximum atomic E-state index is 13.7. The van der Waals surface area contributed by atoms with Gasteiger partial charge in [0.15, 0.2) is 0 Å². The summed E-state index contributed by atoms with van der Waals surface area (Å²) in [5, 5.41) is 30.3. The van der Waals surface area contributed by atoms with Gasteiger partial charge in [-0.15, -0.1) is 0 Å². The van der Waals surface area contributed by atoms with Crippen molar-refractivity contribution < 1.29 is 48.0 Å². The fourth-order valence-corrected chi connectivity index (χ4v) is 2.96. The number of ether oxygens (including phenoxy) is 2. The zero-order chi connectivity index (χ0) is 28.2. The fourth-order valence-electron chi connectivity index (χ4n) is 2.96. The minimum absolute atomic E-state index is 0.0175. The molecule has 2 rings (SSSR count). The molecule has 10 nitrogen and oxygen atoms in total. The van der Waals surface area contributed by atoms with Gasteiger partial charge >= 0.3 is 11.9 Å². The van der Waals surface area contributed by atoms with Crippen molar-refractivity contribution in [3.63, 3.8) is 0 Å². The lowest BCUT2D eigenvalue weighted by Gasteiger charge is -2.19. The third kappa shape index (κ3) is 11.4. The van der Waals surface area contributed by atoms with Gasteiger partial charge in [-0.25, -0.2) is 18.3 Å². The Balaban J connectivity index is 0.000000448. The van der Waals surface area contributed by atoms with Gasteiger partial charge in [-0.3, -0.25) is 9.59 Å². The molecule has 1 aromatic heterocycles. The first-order valence-electron chi connectivity index (χ1n) is 11.6. The third-order valence-corrected chi connectivity index (χ3v) is 4.99. The molecule has 1 unspecified atom stereocenters. The van der Waals surface area contributed by atoms with Gasteiger partial charge in [-0.2, -0.15) is 5.10 Å². The largest absolute Gasteiger partial charge is 0.481 e. The fraction of sp³-hybridized carbons (Fsp3) is 0.520. The first-order chi connectivity index (χ1) is 17.2. The number of rotatable bonds is 13. The van der Waals surface area contributed by atoms with E-state index in [1.807, 2.05) is 10.7 Å². The molecule has 0 bridgehead atoms. The Morgan fingerprint density at radius 1 is 1.16 bits per heavy atom. The van der Waals surface area contributed by atoms with Crippen LogP contribution in [0.25, 0.3) is 0 Å². The molecule has 0 radical (unpaired) electrons. The molecular weight excluding hydrogens is 494 g/mol. The molecule has 1 heterocycles. The van der Waals surface area contributed by atoms with E-state index in [0.717, 1.165) is 49.7 Å². The number of aliphatic hydroxyl groups is 1. The normalized spacial score (nSPS) is 12.6. The molecular formula is C25H34F2N2O8. The van der Waals surface area contributed by atoms with Crippen LogP contribution in [0.15, 0.2) is 24.3 Å². The van der Waals surface area contributed by atoms with E-state index in [-0.39, 0.29) is 24.1 Å². The van der Waals surface area contributed by atoms with Crippen LogP contribution < -0.4 is 4.74 Å². The average Bonchev–Trinajstić information content (AvgIpc) is 3.18. The van der Waals surface area contributed by atoms with Gasteiger partial charge in [0, 0.05) is 18.2 Å². The highest BCUT2D eigenvalue weighted by Gasteiger charge is 2.39. The Morgan fingerprint density at radius 3 is 2.38 bits per heavy atom. The molecule has 0 aliphatic carbocycles. The minimum Gasteiger partial charge on any atom is -0.481 e. The van der Waals surface area contributed by atoms with Crippen molar-refractivity contribution in [2.75, 3.05) is 6.61 Å². The van der Waals surface area contributed by atoms with Gasteiger partial charge in [-0.1, -0.05) is 34.1 Å². The summed E-state index contributed by atoms with van der Waals surface area (Å²) in [6.07, 6.45) is 1.78. The summed E-state index contributed by atoms with van der Waals surface area (Å²) in [6, 6.07) is 5.28. The summed E-state index contributed by atoms with van der Waals surface area (Å²) in [4.78, 5) is 30.2. The molecule has 0 spiro atoms. The summed E-state index contributed by atoms with van der Waals surface area (Å²) in [5.74, 6) is -3.59. The molecule has 206 valence electrons. The lowest BCUT2D eigenvalue weighted by atomic mass is 9.92. The molecule has 0 amide bonds. The highest BCUT2D eigenvalue weighted by Crippen LogP contribution is 2.23. The molecule has 0 saturated heterocycles. The van der Waals surface area contributed by atoms with Crippen LogP contribution in [-0.4, -0.2) is 55.7 Å². The van der Waals surface area contributed by atoms with Gasteiger partial charge in [-0.05, 0) is 36.5 Å². The molecule has 0 aliphatic rings. The highest BCUT2D eigenvalue weighted by molar-refractivity contribution is 5.83. The smallest absolute Gasteiger partial charge is 0.339 e. The maximum absolute atomic E-state index is 13.7. The number of benzene rings is 1. The number of hydrogen-bond donors (Lipinski definition) is 3. The van der Waals surface area contributed by atoms with Crippen molar-refractivity contribution >= 4 is 18.4 Å². The van der Waals surface area contributed by atoms with Crippen molar-refractivity contribution in [2.45, 2.75) is 72.1 Å². The predicted octanol–water partition coefficient (Wildman–Crippen LogP) is 3.58. The lowest BCUT2D eigenvalue weighted by Crippen LogP contribution is -2.45. The topological polar surface area (TPSA) is 148 Å². The molecule has 1 aromatic carbocycles. The molecule has 2 aromatic rings. The van der Waals surface area contributed by atoms with Crippen LogP contribution in [-0.2, 0) is 38.7 Å². The van der Waals surface area contributed by atoms with Gasteiger partial charge in [0.2, 0.25) is 11.5 Å². The van der Waals surface area contributed by atoms with Gasteiger partial charge in [0.1, 0.15) is 24.8 Å². The molecule has 12 heteroatoms.